The number of rotatable bonds is 10. The Hall–Kier alpha value is -2.53. The number of Topliss-reactive ketones (excluding diaryl/α,β-unsaturated/α-hetero) is 1. The van der Waals surface area contributed by atoms with Gasteiger partial charge in [-0.05, 0) is 42.3 Å². The first-order valence-corrected chi connectivity index (χ1v) is 13.3. The Morgan fingerprint density at radius 2 is 1.89 bits per heavy atom. The van der Waals surface area contributed by atoms with E-state index in [2.05, 4.69) is 4.90 Å². The summed E-state index contributed by atoms with van der Waals surface area (Å²) < 4.78 is 41.3. The predicted octanol–water partition coefficient (Wildman–Crippen LogP) is 2.38. The second-order valence-electron chi connectivity index (χ2n) is 8.57. The summed E-state index contributed by atoms with van der Waals surface area (Å²) in [5.41, 5.74) is 1.40. The smallest absolute Gasteiger partial charge is 0.260 e. The molecule has 1 heterocycles. The first-order valence-electron chi connectivity index (χ1n) is 11.2. The maximum absolute atomic E-state index is 13.2. The van der Waals surface area contributed by atoms with Crippen LogP contribution in [-0.2, 0) is 32.6 Å². The van der Waals surface area contributed by atoms with Gasteiger partial charge in [-0.25, -0.2) is 17.9 Å². The minimum absolute atomic E-state index is 0.00123. The van der Waals surface area contributed by atoms with Crippen molar-refractivity contribution in [3.63, 3.8) is 0 Å². The van der Waals surface area contributed by atoms with Crippen LogP contribution in [0.5, 0.6) is 5.75 Å². The van der Waals surface area contributed by atoms with Gasteiger partial charge in [-0.3, -0.25) is 14.5 Å². The van der Waals surface area contributed by atoms with E-state index in [9.17, 15) is 22.4 Å². The summed E-state index contributed by atoms with van der Waals surface area (Å²) in [5, 5.41) is 5.30. The maximum Gasteiger partial charge on any atom is 0.260 e. The summed E-state index contributed by atoms with van der Waals surface area (Å²) in [6, 6.07) is 11.0. The van der Waals surface area contributed by atoms with E-state index in [1.165, 1.54) is 18.2 Å². The van der Waals surface area contributed by atoms with Gasteiger partial charge in [0.15, 0.2) is 12.4 Å². The molecular weight excluding hydrogens is 497 g/mol. The Kier molecular flexibility index (Phi) is 9.23. The van der Waals surface area contributed by atoms with Gasteiger partial charge < -0.3 is 9.64 Å². The van der Waals surface area contributed by atoms with E-state index in [1.807, 2.05) is 6.92 Å². The third-order valence-electron chi connectivity index (χ3n) is 5.80. The third kappa shape index (κ3) is 8.28. The van der Waals surface area contributed by atoms with Crippen molar-refractivity contribution >= 4 is 33.3 Å². The third-order valence-corrected chi connectivity index (χ3v) is 6.76. The van der Waals surface area contributed by atoms with E-state index in [1.54, 1.807) is 29.2 Å². The van der Waals surface area contributed by atoms with Crippen molar-refractivity contribution in [2.75, 3.05) is 32.0 Å². The molecule has 1 atom stereocenters. The number of nitrogens with two attached hydrogens (primary N) is 1. The van der Waals surface area contributed by atoms with Crippen LogP contribution in [0.2, 0.25) is 5.02 Å². The van der Waals surface area contributed by atoms with Crippen LogP contribution in [0, 0.1) is 5.82 Å². The molecule has 0 bridgehead atoms. The summed E-state index contributed by atoms with van der Waals surface area (Å²) in [7, 11) is -3.95. The van der Waals surface area contributed by atoms with E-state index in [0.717, 1.165) is 12.0 Å². The van der Waals surface area contributed by atoms with Crippen LogP contribution in [0.15, 0.2) is 42.5 Å². The lowest BCUT2D eigenvalue weighted by Crippen LogP contribution is -2.55. The first kappa shape index (κ1) is 27.1. The first-order chi connectivity index (χ1) is 16.5. The molecule has 2 N–H and O–H groups in total. The van der Waals surface area contributed by atoms with Crippen molar-refractivity contribution in [2.45, 2.75) is 32.4 Å². The van der Waals surface area contributed by atoms with E-state index in [0.29, 0.717) is 36.8 Å². The number of primary sulfonamides is 1. The van der Waals surface area contributed by atoms with Gasteiger partial charge >= 0.3 is 0 Å². The maximum atomic E-state index is 13.2. The lowest BCUT2D eigenvalue weighted by atomic mass is 10.1. The van der Waals surface area contributed by atoms with Gasteiger partial charge in [0.2, 0.25) is 10.0 Å². The number of nitrogens with zero attached hydrogens (tertiary/aromatic N) is 2. The Labute approximate surface area is 209 Å². The molecule has 0 aliphatic carbocycles. The molecule has 1 aliphatic rings. The molecule has 0 aromatic heterocycles. The van der Waals surface area contributed by atoms with E-state index in [-0.39, 0.29) is 36.5 Å². The standard InChI is InChI=1S/C24H29ClFN3O5S/c1-2-21-14-28(13-17-3-6-20(26)7-4-17)9-10-29(21)24(31)15-34-23-8-5-19(25)11-18(23)12-22(30)16-35(27,32)33/h3-8,11,21H,2,9-10,12-16H2,1H3,(H2,27,32,33)/t21-/m1/s1. The molecule has 0 unspecified atom stereocenters. The van der Waals surface area contributed by atoms with Crippen molar-refractivity contribution < 1.29 is 27.1 Å². The Bertz CT molecular complexity index is 1160. The minimum atomic E-state index is -3.95. The van der Waals surface area contributed by atoms with Crippen LogP contribution in [0.1, 0.15) is 24.5 Å². The molecule has 3 rings (SSSR count). The van der Waals surface area contributed by atoms with Crippen molar-refractivity contribution in [1.29, 1.82) is 0 Å². The average Bonchev–Trinajstić information content (AvgIpc) is 2.78. The molecule has 11 heteroatoms. The van der Waals surface area contributed by atoms with Gasteiger partial charge in [0.1, 0.15) is 17.3 Å². The second-order valence-corrected chi connectivity index (χ2v) is 10.6. The van der Waals surface area contributed by atoms with Crippen LogP contribution < -0.4 is 9.88 Å². The number of hydrogen-bond donors (Lipinski definition) is 1. The van der Waals surface area contributed by atoms with Crippen molar-refractivity contribution in [3.8, 4) is 5.75 Å². The van der Waals surface area contributed by atoms with Crippen molar-refractivity contribution in [3.05, 3.63) is 64.4 Å². The molecule has 0 spiro atoms. The zero-order chi connectivity index (χ0) is 25.6. The number of hydrogen-bond acceptors (Lipinski definition) is 6. The van der Waals surface area contributed by atoms with E-state index in [4.69, 9.17) is 21.5 Å². The van der Waals surface area contributed by atoms with Crippen molar-refractivity contribution in [2.24, 2.45) is 5.14 Å². The monoisotopic (exact) mass is 525 g/mol. The molecule has 0 radical (unpaired) electrons. The van der Waals surface area contributed by atoms with Crippen LogP contribution in [0.3, 0.4) is 0 Å². The van der Waals surface area contributed by atoms with Gasteiger partial charge in [0.05, 0.1) is 0 Å². The zero-order valence-corrected chi connectivity index (χ0v) is 21.0. The zero-order valence-electron chi connectivity index (χ0n) is 19.5. The highest BCUT2D eigenvalue weighted by Crippen LogP contribution is 2.24. The lowest BCUT2D eigenvalue weighted by Gasteiger charge is -2.41. The van der Waals surface area contributed by atoms with Crippen LogP contribution in [0.25, 0.3) is 0 Å². The molecular formula is C24H29ClFN3O5S. The number of benzene rings is 2. The van der Waals surface area contributed by atoms with Crippen molar-refractivity contribution in [1.82, 2.24) is 9.80 Å². The molecule has 2 aromatic rings. The van der Waals surface area contributed by atoms with Gasteiger partial charge in [0.25, 0.3) is 5.91 Å². The lowest BCUT2D eigenvalue weighted by molar-refractivity contribution is -0.138. The quantitative estimate of drug-likeness (QED) is 0.510. The Morgan fingerprint density at radius 3 is 2.54 bits per heavy atom. The molecule has 35 heavy (non-hydrogen) atoms. The molecule has 1 aliphatic heterocycles. The van der Waals surface area contributed by atoms with Gasteiger partial charge in [-0.1, -0.05) is 30.7 Å². The summed E-state index contributed by atoms with van der Waals surface area (Å²) in [5.74, 6) is -1.57. The fraction of sp³-hybridized carbons (Fsp3) is 0.417. The summed E-state index contributed by atoms with van der Waals surface area (Å²) in [6.45, 7) is 4.36. The number of ketones is 1. The highest BCUT2D eigenvalue weighted by Gasteiger charge is 2.29. The van der Waals surface area contributed by atoms with E-state index >= 15 is 0 Å². The molecule has 1 fully saturated rings. The molecule has 2 aromatic carbocycles. The number of sulfonamides is 1. The molecule has 8 nitrogen and oxygen atoms in total. The molecule has 1 amide bonds. The average molecular weight is 526 g/mol. The van der Waals surface area contributed by atoms with E-state index < -0.39 is 21.6 Å². The van der Waals surface area contributed by atoms with Crippen LogP contribution in [0.4, 0.5) is 4.39 Å². The number of amides is 1. The summed E-state index contributed by atoms with van der Waals surface area (Å²) >= 11 is 6.03. The topological polar surface area (TPSA) is 110 Å². The fourth-order valence-electron chi connectivity index (χ4n) is 4.13. The highest BCUT2D eigenvalue weighted by atomic mass is 35.5. The van der Waals surface area contributed by atoms with Gasteiger partial charge in [0, 0.05) is 49.2 Å². The van der Waals surface area contributed by atoms with Crippen LogP contribution in [-0.4, -0.2) is 67.9 Å². The predicted molar refractivity (Wildman–Crippen MR) is 131 cm³/mol. The highest BCUT2D eigenvalue weighted by molar-refractivity contribution is 7.89. The Balaban J connectivity index is 1.60. The Morgan fingerprint density at radius 1 is 1.17 bits per heavy atom. The second kappa shape index (κ2) is 11.9. The molecule has 1 saturated heterocycles. The van der Waals surface area contributed by atoms with Gasteiger partial charge in [-0.15, -0.1) is 0 Å². The number of carbonyl (C=O) groups excluding carboxylic acids is 2. The number of ether oxygens (including phenoxy) is 1. The summed E-state index contributed by atoms with van der Waals surface area (Å²) in [6.07, 6.45) is 0.528. The number of piperazine rings is 1. The minimum Gasteiger partial charge on any atom is -0.483 e. The number of carbonyl (C=O) groups is 2. The number of halogens is 2. The molecule has 0 saturated carbocycles. The fourth-order valence-corrected chi connectivity index (χ4v) is 4.87. The largest absolute Gasteiger partial charge is 0.483 e. The normalized spacial score (nSPS) is 16.8. The van der Waals surface area contributed by atoms with Crippen LogP contribution >= 0.6 is 11.6 Å². The summed E-state index contributed by atoms with van der Waals surface area (Å²) in [4.78, 5) is 29.1. The van der Waals surface area contributed by atoms with Gasteiger partial charge in [-0.2, -0.15) is 0 Å². The SMILES string of the molecule is CC[C@@H]1CN(Cc2ccc(F)cc2)CCN1C(=O)COc1ccc(Cl)cc1CC(=O)CS(N)(=O)=O. The molecule has 190 valence electrons.